The van der Waals surface area contributed by atoms with Gasteiger partial charge in [0.05, 0.1) is 26.4 Å². The minimum absolute atomic E-state index is 0.0376. The third kappa shape index (κ3) is 47.4. The first-order valence-corrected chi connectivity index (χ1v) is 26.4. The monoisotopic (exact) mass is 893 g/mol. The highest BCUT2D eigenvalue weighted by Gasteiger charge is 2.26. The quantitative estimate of drug-likeness (QED) is 0.0236. The van der Waals surface area contributed by atoms with Gasteiger partial charge in [-0.3, -0.25) is 13.8 Å². The molecule has 0 heterocycles. The summed E-state index contributed by atoms with van der Waals surface area (Å²) in [6.45, 7) is 3.39. The Kier molecular flexibility index (Phi) is 46.7. The fourth-order valence-electron chi connectivity index (χ4n) is 6.65. The molecule has 0 aliphatic rings. The summed E-state index contributed by atoms with van der Waals surface area (Å²) in [5, 5.41) is 18.4. The summed E-state index contributed by atoms with van der Waals surface area (Å²) in [5.74, 6) is -0.406. The molecule has 0 fully saturated rings. The Balaban J connectivity index is 4.17. The molecule has 0 rings (SSSR count). The molecule has 0 saturated carbocycles. The van der Waals surface area contributed by atoms with E-state index in [1.807, 2.05) is 0 Å². The number of carbonyl (C=O) groups is 1. The van der Waals surface area contributed by atoms with Gasteiger partial charge >= 0.3 is 13.8 Å². The zero-order chi connectivity index (χ0) is 45.3. The second-order valence-electron chi connectivity index (χ2n) is 16.5. The van der Waals surface area contributed by atoms with Gasteiger partial charge in [0, 0.05) is 13.0 Å². The Hall–Kier alpha value is -2.10. The van der Waals surface area contributed by atoms with E-state index in [2.05, 4.69) is 86.8 Å². The van der Waals surface area contributed by atoms with Crippen molar-refractivity contribution in [1.29, 1.82) is 0 Å². The van der Waals surface area contributed by atoms with E-state index in [4.69, 9.17) is 23.6 Å². The number of unbranched alkanes of at least 4 members (excludes halogenated alkanes) is 21. The Morgan fingerprint density at radius 3 is 1.39 bits per heavy atom. The van der Waals surface area contributed by atoms with E-state index in [-0.39, 0.29) is 19.6 Å². The van der Waals surface area contributed by atoms with E-state index >= 15 is 0 Å². The summed E-state index contributed by atoms with van der Waals surface area (Å²) in [6.07, 6.45) is 58.6. The van der Waals surface area contributed by atoms with Gasteiger partial charge in [0.25, 0.3) is 0 Å². The number of phosphoric ester groups is 1. The second-order valence-corrected chi connectivity index (χ2v) is 17.9. The first-order valence-electron chi connectivity index (χ1n) is 24.9. The number of aliphatic hydroxyl groups excluding tert-OH is 2. The van der Waals surface area contributed by atoms with Crippen molar-refractivity contribution in [3.63, 3.8) is 0 Å². The van der Waals surface area contributed by atoms with Crippen LogP contribution in [0.1, 0.15) is 206 Å². The van der Waals surface area contributed by atoms with Crippen molar-refractivity contribution >= 4 is 13.8 Å². The molecule has 0 aromatic carbocycles. The van der Waals surface area contributed by atoms with Gasteiger partial charge in [-0.25, -0.2) is 4.57 Å². The number of hydrogen-bond donors (Lipinski definition) is 3. The van der Waals surface area contributed by atoms with Gasteiger partial charge in [0.2, 0.25) is 0 Å². The van der Waals surface area contributed by atoms with Crippen molar-refractivity contribution in [2.75, 3.05) is 33.0 Å². The van der Waals surface area contributed by atoms with E-state index in [0.29, 0.717) is 13.0 Å². The fourth-order valence-corrected chi connectivity index (χ4v) is 7.44. The molecule has 0 bridgehead atoms. The summed E-state index contributed by atoms with van der Waals surface area (Å²) < 4.78 is 33.5. The molecule has 0 amide bonds. The molecule has 360 valence electrons. The molecular formula is C52H93O9P. The van der Waals surface area contributed by atoms with Crippen LogP contribution in [-0.4, -0.2) is 66.3 Å². The van der Waals surface area contributed by atoms with Crippen molar-refractivity contribution < 1.29 is 43.0 Å². The molecule has 9 nitrogen and oxygen atoms in total. The molecular weight excluding hydrogens is 800 g/mol. The first-order chi connectivity index (χ1) is 30.3. The standard InChI is InChI=1S/C52H93O9P/c1-3-5-7-9-11-13-15-17-19-21-23-24-25-26-27-28-30-32-34-36-38-40-42-44-52(55)61-51(49-60-62(56,57)59-47-50(54)46-53)48-58-45-43-41-39-37-35-33-31-29-22-20-18-16-14-12-10-8-6-4-2/h5,7,11,13,17,19,23-24,26-27,30,32,50-51,53-54H,3-4,6,8-10,12,14-16,18,20-22,25,28-29,31,33-49H2,1-2H3,(H,56,57)/b7-5-,13-11-,19-17-,24-23-,27-26-,32-30-. The van der Waals surface area contributed by atoms with Crippen LogP contribution in [0.5, 0.6) is 0 Å². The molecule has 3 atom stereocenters. The second kappa shape index (κ2) is 48.4. The Labute approximate surface area is 380 Å². The first kappa shape index (κ1) is 59.9. The lowest BCUT2D eigenvalue weighted by molar-refractivity contribution is -0.154. The molecule has 3 N–H and O–H groups in total. The predicted octanol–water partition coefficient (Wildman–Crippen LogP) is 14.5. The number of ether oxygens (including phenoxy) is 2. The third-order valence-corrected chi connectivity index (χ3v) is 11.4. The molecule has 0 radical (unpaired) electrons. The molecule has 0 spiro atoms. The maximum Gasteiger partial charge on any atom is 0.472 e. The normalized spacial score (nSPS) is 14.5. The summed E-state index contributed by atoms with van der Waals surface area (Å²) >= 11 is 0. The highest BCUT2D eigenvalue weighted by Crippen LogP contribution is 2.43. The van der Waals surface area contributed by atoms with Crippen molar-refractivity contribution in [3.8, 4) is 0 Å². The number of carbonyl (C=O) groups excluding carboxylic acids is 1. The molecule has 0 aliphatic carbocycles. The number of allylic oxidation sites excluding steroid dienone is 12. The molecule has 0 aromatic heterocycles. The third-order valence-electron chi connectivity index (χ3n) is 10.4. The number of hydrogen-bond acceptors (Lipinski definition) is 8. The van der Waals surface area contributed by atoms with E-state index in [0.717, 1.165) is 83.5 Å². The molecule has 3 unspecified atom stereocenters. The minimum Gasteiger partial charge on any atom is -0.457 e. The van der Waals surface area contributed by atoms with Crippen LogP contribution in [0.3, 0.4) is 0 Å². The fraction of sp³-hybridized carbons (Fsp3) is 0.750. The summed E-state index contributed by atoms with van der Waals surface area (Å²) in [5.41, 5.74) is 0. The Morgan fingerprint density at radius 1 is 0.516 bits per heavy atom. The van der Waals surface area contributed by atoms with Crippen LogP contribution in [0, 0.1) is 0 Å². The van der Waals surface area contributed by atoms with Crippen LogP contribution in [0.4, 0.5) is 0 Å². The van der Waals surface area contributed by atoms with Gasteiger partial charge in [-0.2, -0.15) is 0 Å². The molecule has 0 saturated heterocycles. The maximum absolute atomic E-state index is 12.7. The van der Waals surface area contributed by atoms with Crippen LogP contribution in [0.2, 0.25) is 0 Å². The smallest absolute Gasteiger partial charge is 0.457 e. The Bertz CT molecular complexity index is 1190. The topological polar surface area (TPSA) is 132 Å². The number of phosphoric acid groups is 1. The van der Waals surface area contributed by atoms with Crippen LogP contribution in [-0.2, 0) is 27.9 Å². The zero-order valence-electron chi connectivity index (χ0n) is 39.6. The summed E-state index contributed by atoms with van der Waals surface area (Å²) in [7, 11) is -4.53. The number of esters is 1. The summed E-state index contributed by atoms with van der Waals surface area (Å²) in [6, 6.07) is 0. The van der Waals surface area contributed by atoms with Gasteiger partial charge < -0.3 is 24.6 Å². The van der Waals surface area contributed by atoms with Gasteiger partial charge in [-0.05, 0) is 64.2 Å². The largest absolute Gasteiger partial charge is 0.472 e. The van der Waals surface area contributed by atoms with Gasteiger partial charge in [-0.1, -0.05) is 209 Å². The van der Waals surface area contributed by atoms with E-state index < -0.39 is 39.2 Å². The van der Waals surface area contributed by atoms with Crippen LogP contribution in [0.15, 0.2) is 72.9 Å². The van der Waals surface area contributed by atoms with E-state index in [1.54, 1.807) is 0 Å². The highest BCUT2D eigenvalue weighted by atomic mass is 31.2. The van der Waals surface area contributed by atoms with Gasteiger partial charge in [0.15, 0.2) is 0 Å². The van der Waals surface area contributed by atoms with Crippen molar-refractivity contribution in [1.82, 2.24) is 0 Å². The van der Waals surface area contributed by atoms with Crippen molar-refractivity contribution in [3.05, 3.63) is 72.9 Å². The average Bonchev–Trinajstić information content (AvgIpc) is 3.26. The zero-order valence-corrected chi connectivity index (χ0v) is 40.5. The van der Waals surface area contributed by atoms with Crippen molar-refractivity contribution in [2.45, 2.75) is 219 Å². The SMILES string of the molecule is CC/C=C\C/C=C\C/C=C\C/C=C\C/C=C\C/C=C\CCCCCCC(=O)OC(COCCCCCCCCCCCCCCCCCCCC)COP(=O)(O)OCC(O)CO. The van der Waals surface area contributed by atoms with Gasteiger partial charge in [0.1, 0.15) is 12.2 Å². The molecule has 0 aromatic rings. The summed E-state index contributed by atoms with van der Waals surface area (Å²) in [4.78, 5) is 22.7. The maximum atomic E-state index is 12.7. The van der Waals surface area contributed by atoms with Crippen molar-refractivity contribution in [2.24, 2.45) is 0 Å². The van der Waals surface area contributed by atoms with Crippen LogP contribution >= 0.6 is 7.82 Å². The minimum atomic E-state index is -4.53. The number of rotatable bonds is 47. The van der Waals surface area contributed by atoms with Gasteiger partial charge in [-0.15, -0.1) is 0 Å². The average molecular weight is 893 g/mol. The lowest BCUT2D eigenvalue weighted by Crippen LogP contribution is -2.29. The molecule has 0 aliphatic heterocycles. The lowest BCUT2D eigenvalue weighted by atomic mass is 10.0. The molecule has 62 heavy (non-hydrogen) atoms. The van der Waals surface area contributed by atoms with Crippen LogP contribution in [0.25, 0.3) is 0 Å². The lowest BCUT2D eigenvalue weighted by Gasteiger charge is -2.20. The molecule has 10 heteroatoms. The van der Waals surface area contributed by atoms with E-state index in [1.165, 1.54) is 96.3 Å². The highest BCUT2D eigenvalue weighted by molar-refractivity contribution is 7.47. The number of aliphatic hydroxyl groups is 2. The van der Waals surface area contributed by atoms with Crippen LogP contribution < -0.4 is 0 Å². The predicted molar refractivity (Wildman–Crippen MR) is 260 cm³/mol. The Morgan fingerprint density at radius 2 is 0.919 bits per heavy atom. The van der Waals surface area contributed by atoms with E-state index in [9.17, 15) is 19.4 Å².